The minimum Gasteiger partial charge on any atom is -0.489 e. The summed E-state index contributed by atoms with van der Waals surface area (Å²) in [5.41, 5.74) is 0.391. The minimum atomic E-state index is -0.822. The molecule has 0 heterocycles. The van der Waals surface area contributed by atoms with Crippen molar-refractivity contribution in [1.82, 2.24) is 5.32 Å². The lowest BCUT2D eigenvalue weighted by Gasteiger charge is -2.27. The van der Waals surface area contributed by atoms with Crippen LogP contribution in [0.15, 0.2) is 22.7 Å². The maximum absolute atomic E-state index is 10.2. The van der Waals surface area contributed by atoms with Crippen LogP contribution in [-0.2, 0) is 6.54 Å². The maximum Gasteiger partial charge on any atom is 0.133 e. The van der Waals surface area contributed by atoms with E-state index in [2.05, 4.69) is 47.2 Å². The average Bonchev–Trinajstić information content (AvgIpc) is 2.37. The first-order chi connectivity index (χ1) is 9.72. The van der Waals surface area contributed by atoms with Crippen molar-refractivity contribution in [2.24, 2.45) is 11.8 Å². The van der Waals surface area contributed by atoms with Crippen LogP contribution >= 0.6 is 15.9 Å². The molecule has 1 rings (SSSR count). The highest BCUT2D eigenvalue weighted by atomic mass is 79.9. The van der Waals surface area contributed by atoms with Crippen LogP contribution in [0.4, 0.5) is 0 Å². The van der Waals surface area contributed by atoms with Crippen LogP contribution in [0.1, 0.15) is 40.2 Å². The average molecular weight is 358 g/mol. The highest BCUT2D eigenvalue weighted by molar-refractivity contribution is 9.10. The van der Waals surface area contributed by atoms with Crippen LogP contribution in [0.5, 0.6) is 5.75 Å². The van der Waals surface area contributed by atoms with Crippen LogP contribution in [0.2, 0.25) is 0 Å². The summed E-state index contributed by atoms with van der Waals surface area (Å²) < 4.78 is 6.67. The Kier molecular flexibility index (Phi) is 7.17. The van der Waals surface area contributed by atoms with Gasteiger partial charge in [0, 0.05) is 6.54 Å². The molecule has 0 aromatic heterocycles. The third-order valence-corrected chi connectivity index (χ3v) is 4.26. The number of benzene rings is 1. The molecule has 1 unspecified atom stereocenters. The molecule has 4 heteroatoms. The van der Waals surface area contributed by atoms with Gasteiger partial charge in [0.2, 0.25) is 0 Å². The van der Waals surface area contributed by atoms with Crippen LogP contribution < -0.4 is 10.1 Å². The third kappa shape index (κ3) is 6.37. The van der Waals surface area contributed by atoms with E-state index in [0.29, 0.717) is 5.92 Å². The Labute approximate surface area is 137 Å². The van der Waals surface area contributed by atoms with Gasteiger partial charge in [-0.25, -0.2) is 0 Å². The lowest BCUT2D eigenvalue weighted by Crippen LogP contribution is -2.37. The largest absolute Gasteiger partial charge is 0.489 e. The molecule has 0 spiro atoms. The number of rotatable bonds is 8. The molecule has 0 amide bonds. The van der Waals surface area contributed by atoms with E-state index in [-0.39, 0.29) is 12.5 Å². The molecule has 0 radical (unpaired) electrons. The van der Waals surface area contributed by atoms with E-state index in [0.717, 1.165) is 23.3 Å². The quantitative estimate of drug-likeness (QED) is 0.739. The first kappa shape index (κ1) is 18.5. The molecular weight excluding hydrogens is 330 g/mol. The second-order valence-corrected chi connectivity index (χ2v) is 7.44. The van der Waals surface area contributed by atoms with Gasteiger partial charge in [-0.15, -0.1) is 0 Å². The van der Waals surface area contributed by atoms with Gasteiger partial charge in [-0.1, -0.05) is 33.8 Å². The summed E-state index contributed by atoms with van der Waals surface area (Å²) in [6.45, 7) is 12.3. The van der Waals surface area contributed by atoms with E-state index in [1.807, 2.05) is 19.9 Å². The van der Waals surface area contributed by atoms with Gasteiger partial charge in [0.05, 0.1) is 10.1 Å². The van der Waals surface area contributed by atoms with Crippen molar-refractivity contribution in [2.75, 3.05) is 13.2 Å². The van der Waals surface area contributed by atoms with Crippen molar-refractivity contribution >= 4 is 15.9 Å². The molecule has 0 aliphatic heterocycles. The van der Waals surface area contributed by atoms with Crippen molar-refractivity contribution in [2.45, 2.75) is 46.8 Å². The second-order valence-electron chi connectivity index (χ2n) is 6.59. The number of hydrogen-bond acceptors (Lipinski definition) is 3. The summed E-state index contributed by atoms with van der Waals surface area (Å²) >= 11 is 3.54. The Bertz CT molecular complexity index is 444. The van der Waals surface area contributed by atoms with Gasteiger partial charge in [-0.2, -0.15) is 0 Å². The monoisotopic (exact) mass is 357 g/mol. The molecule has 0 saturated carbocycles. The summed E-state index contributed by atoms with van der Waals surface area (Å²) in [6, 6.07) is 6.07. The fourth-order valence-corrected chi connectivity index (χ4v) is 2.21. The van der Waals surface area contributed by atoms with Crippen LogP contribution in [0, 0.1) is 11.8 Å². The first-order valence-corrected chi connectivity index (χ1v) is 8.36. The predicted octanol–water partition coefficient (Wildman–Crippen LogP) is 3.98. The van der Waals surface area contributed by atoms with Gasteiger partial charge in [-0.05, 0) is 58.9 Å². The van der Waals surface area contributed by atoms with Gasteiger partial charge in [0.25, 0.3) is 0 Å². The Morgan fingerprint density at radius 1 is 1.29 bits per heavy atom. The standard InChI is InChI=1S/C17H28BrNO2/c1-12(2)9-19-10-14-6-7-16(15(18)8-14)21-11-17(5,20)13(3)4/h6-8,12-13,19-20H,9-11H2,1-5H3. The fourth-order valence-electron chi connectivity index (χ4n) is 1.67. The molecule has 1 aromatic rings. The van der Waals surface area contributed by atoms with Crippen LogP contribution in [0.25, 0.3) is 0 Å². The molecule has 1 atom stereocenters. The van der Waals surface area contributed by atoms with Gasteiger partial charge in [0.15, 0.2) is 0 Å². The molecule has 21 heavy (non-hydrogen) atoms. The molecule has 1 aromatic carbocycles. The molecule has 2 N–H and O–H groups in total. The lowest BCUT2D eigenvalue weighted by atomic mass is 9.94. The van der Waals surface area contributed by atoms with E-state index >= 15 is 0 Å². The zero-order chi connectivity index (χ0) is 16.0. The number of nitrogens with one attached hydrogen (secondary N) is 1. The van der Waals surface area contributed by atoms with E-state index < -0.39 is 5.60 Å². The Balaban J connectivity index is 2.58. The van der Waals surface area contributed by atoms with Gasteiger partial charge in [0.1, 0.15) is 12.4 Å². The highest BCUT2D eigenvalue weighted by Crippen LogP contribution is 2.28. The van der Waals surface area contributed by atoms with E-state index in [9.17, 15) is 5.11 Å². The smallest absolute Gasteiger partial charge is 0.133 e. The summed E-state index contributed by atoms with van der Waals surface area (Å²) in [7, 11) is 0. The van der Waals surface area contributed by atoms with Crippen molar-refractivity contribution < 1.29 is 9.84 Å². The molecule has 0 fully saturated rings. The van der Waals surface area contributed by atoms with Gasteiger partial charge in [-0.3, -0.25) is 0 Å². The Hall–Kier alpha value is -0.580. The topological polar surface area (TPSA) is 41.5 Å². The fraction of sp³-hybridized carbons (Fsp3) is 0.647. The summed E-state index contributed by atoms with van der Waals surface area (Å²) in [4.78, 5) is 0. The number of halogens is 1. The third-order valence-electron chi connectivity index (χ3n) is 3.64. The highest BCUT2D eigenvalue weighted by Gasteiger charge is 2.26. The summed E-state index contributed by atoms with van der Waals surface area (Å²) in [6.07, 6.45) is 0. The number of hydrogen-bond donors (Lipinski definition) is 2. The predicted molar refractivity (Wildman–Crippen MR) is 91.6 cm³/mol. The summed E-state index contributed by atoms with van der Waals surface area (Å²) in [5.74, 6) is 1.56. The van der Waals surface area contributed by atoms with E-state index in [1.54, 1.807) is 6.92 Å². The molecule has 3 nitrogen and oxygen atoms in total. The maximum atomic E-state index is 10.2. The molecular formula is C17H28BrNO2. The van der Waals surface area contributed by atoms with Crippen molar-refractivity contribution in [3.05, 3.63) is 28.2 Å². The van der Waals surface area contributed by atoms with Crippen molar-refractivity contribution in [3.63, 3.8) is 0 Å². The molecule has 0 aliphatic rings. The number of ether oxygens (including phenoxy) is 1. The zero-order valence-corrected chi connectivity index (χ0v) is 15.3. The first-order valence-electron chi connectivity index (χ1n) is 7.56. The Morgan fingerprint density at radius 3 is 2.48 bits per heavy atom. The van der Waals surface area contributed by atoms with E-state index in [1.165, 1.54) is 5.56 Å². The van der Waals surface area contributed by atoms with Crippen molar-refractivity contribution in [1.29, 1.82) is 0 Å². The van der Waals surface area contributed by atoms with E-state index in [4.69, 9.17) is 4.74 Å². The zero-order valence-electron chi connectivity index (χ0n) is 13.7. The molecule has 0 bridgehead atoms. The Morgan fingerprint density at radius 2 is 1.95 bits per heavy atom. The van der Waals surface area contributed by atoms with Gasteiger partial charge >= 0.3 is 0 Å². The molecule has 0 saturated heterocycles. The number of aliphatic hydroxyl groups is 1. The SMILES string of the molecule is CC(C)CNCc1ccc(OCC(C)(O)C(C)C)c(Br)c1. The molecule has 0 aliphatic carbocycles. The van der Waals surface area contributed by atoms with Gasteiger partial charge < -0.3 is 15.2 Å². The molecule has 120 valence electrons. The minimum absolute atomic E-state index is 0.149. The van der Waals surface area contributed by atoms with Crippen LogP contribution in [0.3, 0.4) is 0 Å². The van der Waals surface area contributed by atoms with Crippen LogP contribution in [-0.4, -0.2) is 23.9 Å². The summed E-state index contributed by atoms with van der Waals surface area (Å²) in [5, 5.41) is 13.6. The second kappa shape index (κ2) is 8.16. The normalized spacial score (nSPS) is 14.5. The van der Waals surface area contributed by atoms with Crippen molar-refractivity contribution in [3.8, 4) is 5.75 Å². The lowest BCUT2D eigenvalue weighted by molar-refractivity contribution is -0.0268.